The highest BCUT2D eigenvalue weighted by Gasteiger charge is 2.26. The molecule has 0 bridgehead atoms. The van der Waals surface area contributed by atoms with Crippen LogP contribution < -0.4 is 4.90 Å². The van der Waals surface area contributed by atoms with Gasteiger partial charge in [-0.15, -0.1) is 0 Å². The summed E-state index contributed by atoms with van der Waals surface area (Å²) >= 11 is 0. The third kappa shape index (κ3) is 3.47. The van der Waals surface area contributed by atoms with E-state index < -0.39 is 0 Å². The van der Waals surface area contributed by atoms with Gasteiger partial charge in [-0.25, -0.2) is 9.97 Å². The normalized spacial score (nSPS) is 17.4. The lowest BCUT2D eigenvalue weighted by atomic mass is 10.0. The molecule has 5 heteroatoms. The lowest BCUT2D eigenvalue weighted by molar-refractivity contribution is 0.166. The Labute approximate surface area is 159 Å². The Balaban J connectivity index is 1.91. The number of piperidine rings is 1. The lowest BCUT2D eigenvalue weighted by Crippen LogP contribution is -2.43. The number of phenolic OH excluding ortho intramolecular Hbond substituents is 1. The largest absolute Gasteiger partial charge is 0.507 e. The van der Waals surface area contributed by atoms with Gasteiger partial charge in [-0.1, -0.05) is 18.2 Å². The first-order valence-electron chi connectivity index (χ1n) is 9.49. The van der Waals surface area contributed by atoms with Crippen molar-refractivity contribution in [3.63, 3.8) is 0 Å². The van der Waals surface area contributed by atoms with Crippen LogP contribution in [0, 0.1) is 6.92 Å². The van der Waals surface area contributed by atoms with E-state index in [0.717, 1.165) is 41.7 Å². The average Bonchev–Trinajstić information content (AvgIpc) is 2.68. The Hall–Kier alpha value is -2.66. The van der Waals surface area contributed by atoms with Gasteiger partial charge in [-0.05, 0) is 56.0 Å². The molecule has 2 aromatic carbocycles. The van der Waals surface area contributed by atoms with Crippen LogP contribution in [0.3, 0.4) is 0 Å². The van der Waals surface area contributed by atoms with Crippen LogP contribution in [0.4, 0.5) is 5.82 Å². The number of para-hydroxylation sites is 1. The molecule has 1 aromatic heterocycles. The van der Waals surface area contributed by atoms with Crippen molar-refractivity contribution in [2.45, 2.75) is 32.2 Å². The first-order valence-corrected chi connectivity index (χ1v) is 9.49. The van der Waals surface area contributed by atoms with Gasteiger partial charge in [0.25, 0.3) is 0 Å². The molecule has 1 unspecified atom stereocenters. The molecule has 1 saturated heterocycles. The Bertz CT molecular complexity index is 955. The Kier molecular flexibility index (Phi) is 4.94. The summed E-state index contributed by atoms with van der Waals surface area (Å²) < 4.78 is 5.47. The van der Waals surface area contributed by atoms with E-state index in [2.05, 4.69) is 30.0 Å². The Morgan fingerprint density at radius 1 is 1.15 bits per heavy atom. The highest BCUT2D eigenvalue weighted by atomic mass is 16.5. The number of rotatable bonds is 4. The monoisotopic (exact) mass is 363 g/mol. The number of hydrogen-bond acceptors (Lipinski definition) is 5. The van der Waals surface area contributed by atoms with Crippen molar-refractivity contribution >= 4 is 16.7 Å². The topological polar surface area (TPSA) is 58.5 Å². The molecule has 0 amide bonds. The van der Waals surface area contributed by atoms with Crippen LogP contribution in [0.25, 0.3) is 22.3 Å². The van der Waals surface area contributed by atoms with Crippen LogP contribution in [0.5, 0.6) is 5.75 Å². The number of aryl methyl sites for hydroxylation is 1. The van der Waals surface area contributed by atoms with Crippen LogP contribution in [-0.2, 0) is 4.74 Å². The molecule has 0 spiro atoms. The maximum absolute atomic E-state index is 10.3. The fourth-order valence-corrected chi connectivity index (χ4v) is 3.87. The zero-order valence-electron chi connectivity index (χ0n) is 15.9. The number of ether oxygens (including phenoxy) is 1. The summed E-state index contributed by atoms with van der Waals surface area (Å²) in [7, 11) is 1.75. The number of anilines is 1. The number of nitrogens with zero attached hydrogens (tertiary/aromatic N) is 3. The van der Waals surface area contributed by atoms with Crippen molar-refractivity contribution in [2.24, 2.45) is 0 Å². The van der Waals surface area contributed by atoms with Gasteiger partial charge in [0.2, 0.25) is 0 Å². The molecule has 0 saturated carbocycles. The van der Waals surface area contributed by atoms with E-state index in [0.29, 0.717) is 24.0 Å². The summed E-state index contributed by atoms with van der Waals surface area (Å²) in [6.45, 7) is 3.70. The van der Waals surface area contributed by atoms with Gasteiger partial charge >= 0.3 is 0 Å². The molecule has 27 heavy (non-hydrogen) atoms. The second-order valence-electron chi connectivity index (χ2n) is 7.21. The van der Waals surface area contributed by atoms with Crippen molar-refractivity contribution < 1.29 is 9.84 Å². The molecular weight excluding hydrogens is 338 g/mol. The van der Waals surface area contributed by atoms with Crippen LogP contribution in [0.2, 0.25) is 0 Å². The minimum Gasteiger partial charge on any atom is -0.507 e. The molecule has 1 atom stereocenters. The second-order valence-corrected chi connectivity index (χ2v) is 7.21. The third-order valence-electron chi connectivity index (χ3n) is 5.24. The molecule has 1 aliphatic heterocycles. The summed E-state index contributed by atoms with van der Waals surface area (Å²) in [6, 6.07) is 13.8. The molecule has 3 aromatic rings. The van der Waals surface area contributed by atoms with Crippen molar-refractivity contribution in [3.8, 4) is 17.1 Å². The summed E-state index contributed by atoms with van der Waals surface area (Å²) in [5.41, 5.74) is 2.71. The maximum atomic E-state index is 10.3. The molecule has 1 N–H and O–H groups in total. The molecule has 140 valence electrons. The van der Waals surface area contributed by atoms with Crippen molar-refractivity contribution in [2.75, 3.05) is 25.2 Å². The smallest absolute Gasteiger partial charge is 0.165 e. The standard InChI is InChI=1S/C22H25N3O2/c1-15-10-11-17-19(13-15)23-21(18-8-3-4-9-20(18)26)24-22(17)25-12-6-5-7-16(25)14-27-2/h3-4,8-11,13,16,26H,5-7,12,14H2,1-2H3. The van der Waals surface area contributed by atoms with Crippen LogP contribution in [0.15, 0.2) is 42.5 Å². The molecule has 0 aliphatic carbocycles. The van der Waals surface area contributed by atoms with E-state index in [1.165, 1.54) is 6.42 Å². The number of hydrogen-bond donors (Lipinski definition) is 1. The van der Waals surface area contributed by atoms with Gasteiger partial charge in [-0.2, -0.15) is 0 Å². The predicted molar refractivity (Wildman–Crippen MR) is 108 cm³/mol. The Morgan fingerprint density at radius 3 is 2.81 bits per heavy atom. The van der Waals surface area contributed by atoms with E-state index in [9.17, 15) is 5.11 Å². The van der Waals surface area contributed by atoms with Gasteiger partial charge < -0.3 is 14.7 Å². The van der Waals surface area contributed by atoms with Crippen molar-refractivity contribution in [1.82, 2.24) is 9.97 Å². The number of aromatic hydroxyl groups is 1. The van der Waals surface area contributed by atoms with Gasteiger partial charge in [0.15, 0.2) is 5.82 Å². The van der Waals surface area contributed by atoms with Crippen LogP contribution in [-0.4, -0.2) is 41.4 Å². The highest BCUT2D eigenvalue weighted by Crippen LogP contribution is 2.34. The van der Waals surface area contributed by atoms with E-state index >= 15 is 0 Å². The lowest BCUT2D eigenvalue weighted by Gasteiger charge is -2.37. The summed E-state index contributed by atoms with van der Waals surface area (Å²) in [5, 5.41) is 11.4. The maximum Gasteiger partial charge on any atom is 0.165 e. The van der Waals surface area contributed by atoms with Crippen LogP contribution in [0.1, 0.15) is 24.8 Å². The number of methoxy groups -OCH3 is 1. The minimum atomic E-state index is 0.197. The average molecular weight is 363 g/mol. The molecule has 1 fully saturated rings. The molecule has 4 rings (SSSR count). The van der Waals surface area contributed by atoms with E-state index in [1.54, 1.807) is 13.2 Å². The number of benzene rings is 2. The predicted octanol–water partition coefficient (Wildman–Crippen LogP) is 4.32. The van der Waals surface area contributed by atoms with Gasteiger partial charge in [0.1, 0.15) is 11.6 Å². The zero-order chi connectivity index (χ0) is 18.8. The number of phenols is 1. The van der Waals surface area contributed by atoms with Crippen LogP contribution >= 0.6 is 0 Å². The molecule has 2 heterocycles. The quantitative estimate of drug-likeness (QED) is 0.748. The number of fused-ring (bicyclic) bond motifs is 1. The third-order valence-corrected chi connectivity index (χ3v) is 5.24. The molecule has 1 aliphatic rings. The number of aromatic nitrogens is 2. The van der Waals surface area contributed by atoms with Crippen molar-refractivity contribution in [3.05, 3.63) is 48.0 Å². The van der Waals surface area contributed by atoms with Gasteiger partial charge in [0, 0.05) is 19.0 Å². The second kappa shape index (κ2) is 7.53. The first-order chi connectivity index (χ1) is 13.2. The minimum absolute atomic E-state index is 0.197. The van der Waals surface area contributed by atoms with E-state index in [1.807, 2.05) is 18.2 Å². The first kappa shape index (κ1) is 17.7. The molecule has 0 radical (unpaired) electrons. The fraction of sp³-hybridized carbons (Fsp3) is 0.364. The Morgan fingerprint density at radius 2 is 2.00 bits per heavy atom. The van der Waals surface area contributed by atoms with Gasteiger partial charge in [0.05, 0.1) is 23.7 Å². The van der Waals surface area contributed by atoms with Gasteiger partial charge in [-0.3, -0.25) is 0 Å². The summed E-state index contributed by atoms with van der Waals surface area (Å²) in [4.78, 5) is 12.0. The highest BCUT2D eigenvalue weighted by molar-refractivity contribution is 5.92. The fourth-order valence-electron chi connectivity index (χ4n) is 3.87. The summed E-state index contributed by atoms with van der Waals surface area (Å²) in [5.74, 6) is 1.69. The molecule has 5 nitrogen and oxygen atoms in total. The van der Waals surface area contributed by atoms with E-state index in [-0.39, 0.29) is 5.75 Å². The SMILES string of the molecule is COCC1CCCCN1c1nc(-c2ccccc2O)nc2cc(C)ccc12. The zero-order valence-corrected chi connectivity index (χ0v) is 15.9. The molecular formula is C22H25N3O2. The summed E-state index contributed by atoms with van der Waals surface area (Å²) in [6.07, 6.45) is 3.44. The van der Waals surface area contributed by atoms with Crippen molar-refractivity contribution in [1.29, 1.82) is 0 Å². The van der Waals surface area contributed by atoms with E-state index in [4.69, 9.17) is 14.7 Å².